The van der Waals surface area contributed by atoms with Crippen LogP contribution in [0.15, 0.2) is 36.0 Å². The maximum absolute atomic E-state index is 12.4. The Morgan fingerprint density at radius 3 is 2.50 bits per heavy atom. The standard InChI is InChI=1S/C29H47NO4/c1-8-9-15-30-16-14-28-20(2)21(11-10-17-31)18-23(30)27(28)12-13-29(34-7,24(28)32)22(19-27)26(6,33)25(3,4)5/h8,10-11,22-24,31-33H,1,9,12-19H2,2-7H3/b11-10-/t22-,23-,24-,26+,27-,28+,29+/m1/s1. The van der Waals surface area contributed by atoms with Crippen LogP contribution in [0.25, 0.3) is 0 Å². The predicted molar refractivity (Wildman–Crippen MR) is 136 cm³/mol. The van der Waals surface area contributed by atoms with Gasteiger partial charge in [0, 0.05) is 31.0 Å². The molecule has 0 radical (unpaired) electrons. The molecule has 5 heteroatoms. The van der Waals surface area contributed by atoms with Crippen LogP contribution in [0.4, 0.5) is 0 Å². The molecule has 3 saturated carbocycles. The summed E-state index contributed by atoms with van der Waals surface area (Å²) in [6.07, 6.45) is 10.6. The third kappa shape index (κ3) is 3.16. The summed E-state index contributed by atoms with van der Waals surface area (Å²) in [7, 11) is 1.73. The van der Waals surface area contributed by atoms with Gasteiger partial charge in [-0.2, -0.15) is 0 Å². The predicted octanol–water partition coefficient (Wildman–Crippen LogP) is 4.24. The van der Waals surface area contributed by atoms with Crippen molar-refractivity contribution in [3.05, 3.63) is 36.0 Å². The van der Waals surface area contributed by atoms with Crippen molar-refractivity contribution >= 4 is 0 Å². The fraction of sp³-hybridized carbons (Fsp3) is 0.793. The maximum Gasteiger partial charge on any atom is 0.100 e. The minimum absolute atomic E-state index is 0.0147. The number of ether oxygens (including phenoxy) is 1. The minimum Gasteiger partial charge on any atom is -0.392 e. The third-order valence-corrected chi connectivity index (χ3v) is 11.0. The molecule has 5 aliphatic rings. The topological polar surface area (TPSA) is 73.2 Å². The second-order valence-corrected chi connectivity index (χ2v) is 12.7. The molecule has 4 aliphatic carbocycles. The minimum atomic E-state index is -0.992. The highest BCUT2D eigenvalue weighted by molar-refractivity contribution is 5.44. The van der Waals surface area contributed by atoms with Gasteiger partial charge in [-0.25, -0.2) is 0 Å². The molecule has 1 heterocycles. The number of likely N-dealkylation sites (tertiary alicyclic amines) is 1. The van der Waals surface area contributed by atoms with E-state index in [4.69, 9.17) is 4.74 Å². The Kier molecular flexibility index (Phi) is 6.56. The molecule has 1 spiro atoms. The fourth-order valence-electron chi connectivity index (χ4n) is 8.67. The number of hydrogen-bond donors (Lipinski definition) is 3. The Morgan fingerprint density at radius 2 is 1.91 bits per heavy atom. The molecule has 192 valence electrons. The van der Waals surface area contributed by atoms with Gasteiger partial charge in [0.05, 0.1) is 18.3 Å². The molecular weight excluding hydrogens is 426 g/mol. The van der Waals surface area contributed by atoms with Crippen LogP contribution in [0, 0.1) is 22.2 Å². The van der Waals surface area contributed by atoms with Gasteiger partial charge in [-0.05, 0) is 75.3 Å². The molecular formula is C29H47NO4. The average Bonchev–Trinajstić information content (AvgIpc) is 2.79. The highest BCUT2D eigenvalue weighted by Gasteiger charge is 2.78. The average molecular weight is 474 g/mol. The summed E-state index contributed by atoms with van der Waals surface area (Å²) in [6.45, 7) is 16.3. The van der Waals surface area contributed by atoms with Crippen LogP contribution in [0.2, 0.25) is 0 Å². The van der Waals surface area contributed by atoms with E-state index >= 15 is 0 Å². The Bertz CT molecular complexity index is 870. The van der Waals surface area contributed by atoms with Gasteiger partial charge >= 0.3 is 0 Å². The largest absolute Gasteiger partial charge is 0.392 e. The molecule has 4 fully saturated rings. The first-order valence-electron chi connectivity index (χ1n) is 13.2. The summed E-state index contributed by atoms with van der Waals surface area (Å²) in [5, 5.41) is 34.0. The van der Waals surface area contributed by atoms with Crippen molar-refractivity contribution in [2.24, 2.45) is 22.2 Å². The fourth-order valence-corrected chi connectivity index (χ4v) is 8.67. The van der Waals surface area contributed by atoms with Crippen molar-refractivity contribution in [1.29, 1.82) is 0 Å². The van der Waals surface area contributed by atoms with E-state index in [1.54, 1.807) is 7.11 Å². The number of fused-ring (bicyclic) bond motifs is 2. The molecule has 7 atom stereocenters. The molecule has 1 saturated heterocycles. The van der Waals surface area contributed by atoms with E-state index in [9.17, 15) is 15.3 Å². The quantitative estimate of drug-likeness (QED) is 0.483. The van der Waals surface area contributed by atoms with Crippen LogP contribution in [0.1, 0.15) is 73.1 Å². The van der Waals surface area contributed by atoms with Gasteiger partial charge in [-0.3, -0.25) is 4.90 Å². The number of hydrogen-bond acceptors (Lipinski definition) is 5. The molecule has 0 aromatic carbocycles. The second-order valence-electron chi connectivity index (χ2n) is 12.7. The van der Waals surface area contributed by atoms with E-state index in [0.717, 1.165) is 51.6 Å². The van der Waals surface area contributed by atoms with Crippen molar-refractivity contribution in [2.45, 2.75) is 96.5 Å². The van der Waals surface area contributed by atoms with Gasteiger partial charge in [0.25, 0.3) is 0 Å². The lowest BCUT2D eigenvalue weighted by Crippen LogP contribution is -2.82. The van der Waals surface area contributed by atoms with Crippen LogP contribution in [-0.4, -0.2) is 70.4 Å². The SMILES string of the molecule is C=CCCN1CC[C@@]23C(C)=C(/C=C\CO)C[C@@H]1[C@]21CC[C@](OC)([C@@H]([C@](C)(O)C(C)(C)C)C1)[C@@H]3O. The molecule has 0 aromatic rings. The smallest absolute Gasteiger partial charge is 0.100 e. The number of methoxy groups -OCH3 is 1. The Morgan fingerprint density at radius 1 is 1.21 bits per heavy atom. The van der Waals surface area contributed by atoms with Crippen LogP contribution < -0.4 is 0 Å². The summed E-state index contributed by atoms with van der Waals surface area (Å²) in [4.78, 5) is 2.62. The van der Waals surface area contributed by atoms with Crippen molar-refractivity contribution in [1.82, 2.24) is 4.90 Å². The molecule has 0 unspecified atom stereocenters. The summed E-state index contributed by atoms with van der Waals surface area (Å²) < 4.78 is 6.34. The monoisotopic (exact) mass is 473 g/mol. The summed E-state index contributed by atoms with van der Waals surface area (Å²) in [6, 6.07) is 0.284. The summed E-state index contributed by atoms with van der Waals surface area (Å²) in [5.74, 6) is -0.161. The number of piperidine rings is 1. The lowest BCUT2D eigenvalue weighted by molar-refractivity contribution is -0.338. The Balaban J connectivity index is 1.94. The first-order valence-corrected chi connectivity index (χ1v) is 13.2. The summed E-state index contributed by atoms with van der Waals surface area (Å²) in [5.41, 5.74) is -0.119. The van der Waals surface area contributed by atoms with Gasteiger partial charge < -0.3 is 20.1 Å². The maximum atomic E-state index is 12.4. The van der Waals surface area contributed by atoms with Crippen LogP contribution in [0.5, 0.6) is 0 Å². The molecule has 1 aliphatic heterocycles. The third-order valence-electron chi connectivity index (χ3n) is 11.0. The van der Waals surface area contributed by atoms with E-state index in [0.29, 0.717) is 0 Å². The summed E-state index contributed by atoms with van der Waals surface area (Å²) >= 11 is 0. The Labute approximate surface area is 206 Å². The van der Waals surface area contributed by atoms with E-state index in [-0.39, 0.29) is 34.8 Å². The van der Waals surface area contributed by atoms with Crippen molar-refractivity contribution in [3.8, 4) is 0 Å². The molecule has 0 amide bonds. The van der Waals surface area contributed by atoms with Gasteiger partial charge in [0.2, 0.25) is 0 Å². The number of aliphatic hydroxyl groups excluding tert-OH is 2. The highest BCUT2D eigenvalue weighted by atomic mass is 16.5. The number of allylic oxidation sites excluding steroid dienone is 1. The van der Waals surface area contributed by atoms with E-state index < -0.39 is 17.3 Å². The first-order chi connectivity index (χ1) is 15.9. The van der Waals surface area contributed by atoms with Gasteiger partial charge in [0.1, 0.15) is 5.60 Å². The number of nitrogens with zero attached hydrogens (tertiary/aromatic N) is 1. The molecule has 34 heavy (non-hydrogen) atoms. The lowest BCUT2D eigenvalue weighted by atomic mass is 9.32. The van der Waals surface area contributed by atoms with Crippen molar-refractivity contribution < 1.29 is 20.1 Å². The van der Waals surface area contributed by atoms with Gasteiger partial charge in [-0.15, -0.1) is 6.58 Å². The molecule has 5 nitrogen and oxygen atoms in total. The molecule has 4 bridgehead atoms. The van der Waals surface area contributed by atoms with E-state index in [2.05, 4.69) is 45.2 Å². The second kappa shape index (κ2) is 8.55. The number of rotatable bonds is 7. The van der Waals surface area contributed by atoms with Crippen molar-refractivity contribution in [2.75, 3.05) is 26.8 Å². The normalized spacial score (nSPS) is 42.1. The van der Waals surface area contributed by atoms with E-state index in [1.165, 1.54) is 11.1 Å². The first kappa shape index (κ1) is 26.1. The molecule has 5 rings (SSSR count). The highest BCUT2D eigenvalue weighted by Crippen LogP contribution is 2.75. The zero-order valence-electron chi connectivity index (χ0n) is 22.2. The van der Waals surface area contributed by atoms with Gasteiger partial charge in [-0.1, -0.05) is 44.6 Å². The van der Waals surface area contributed by atoms with Crippen LogP contribution in [-0.2, 0) is 4.74 Å². The van der Waals surface area contributed by atoms with Gasteiger partial charge in [0.15, 0.2) is 0 Å². The zero-order valence-corrected chi connectivity index (χ0v) is 22.2. The zero-order chi connectivity index (χ0) is 25.2. The van der Waals surface area contributed by atoms with Crippen LogP contribution in [0.3, 0.4) is 0 Å². The van der Waals surface area contributed by atoms with Crippen molar-refractivity contribution in [3.63, 3.8) is 0 Å². The lowest BCUT2D eigenvalue weighted by Gasteiger charge is -2.77. The Hall–Kier alpha value is -0.980. The molecule has 0 aromatic heterocycles. The van der Waals surface area contributed by atoms with Crippen LogP contribution >= 0.6 is 0 Å². The van der Waals surface area contributed by atoms with E-state index in [1.807, 2.05) is 19.1 Å². The molecule has 3 N–H and O–H groups in total. The number of aliphatic hydroxyl groups is 3.